The molecule has 1 aliphatic heterocycles. The predicted molar refractivity (Wildman–Crippen MR) is 141 cm³/mol. The minimum Gasteiger partial charge on any atom is -0.322 e. The number of benzene rings is 2. The normalized spacial score (nSPS) is 19.0. The second-order valence-electron chi connectivity index (χ2n) is 9.54. The summed E-state index contributed by atoms with van der Waals surface area (Å²) >= 11 is 0. The Hall–Kier alpha value is -4.30. The maximum atomic E-state index is 14.0. The summed E-state index contributed by atoms with van der Waals surface area (Å²) in [5.41, 5.74) is 2.92. The van der Waals surface area contributed by atoms with Crippen molar-refractivity contribution in [2.75, 3.05) is 11.9 Å². The predicted octanol–water partition coefficient (Wildman–Crippen LogP) is 5.24. The third-order valence-corrected chi connectivity index (χ3v) is 7.23. The standard InChI is InChI=1S/C29H29N5O3/c1-21-19-25(31-33(21)20-27(35)23-12-4-3-5-13-23)28(36)34(18-10-11-22(34)2)29(37)30-24-14-6-7-15-26(24)32-16-8-9-17-32/h3-9,12-17,19,22H,10-11,18,20H2,1-2H3/p+1/t22-,34?/m1/s1. The van der Waals surface area contributed by atoms with Crippen LogP contribution in [0.3, 0.4) is 0 Å². The fourth-order valence-corrected chi connectivity index (χ4v) is 5.12. The van der Waals surface area contributed by atoms with E-state index < -0.39 is 0 Å². The van der Waals surface area contributed by atoms with Gasteiger partial charge in [0.1, 0.15) is 12.6 Å². The minimum absolute atomic E-state index is 0.0229. The lowest BCUT2D eigenvalue weighted by molar-refractivity contribution is -0.775. The number of carbonyl (C=O) groups is 3. The molecule has 1 fully saturated rings. The van der Waals surface area contributed by atoms with Crippen LogP contribution < -0.4 is 5.32 Å². The van der Waals surface area contributed by atoms with Gasteiger partial charge < -0.3 is 4.57 Å². The second kappa shape index (κ2) is 9.99. The van der Waals surface area contributed by atoms with Gasteiger partial charge in [-0.3, -0.25) is 14.8 Å². The van der Waals surface area contributed by atoms with E-state index in [0.29, 0.717) is 23.5 Å². The molecule has 2 aromatic heterocycles. The number of aryl methyl sites for hydroxylation is 1. The Bertz CT molecular complexity index is 1440. The van der Waals surface area contributed by atoms with Crippen LogP contribution in [-0.2, 0) is 6.54 Å². The fourth-order valence-electron chi connectivity index (χ4n) is 5.12. The van der Waals surface area contributed by atoms with Crippen LogP contribution in [-0.4, -0.2) is 49.1 Å². The van der Waals surface area contributed by atoms with Crippen LogP contribution in [0.2, 0.25) is 0 Å². The Labute approximate surface area is 215 Å². The number of rotatable bonds is 6. The summed E-state index contributed by atoms with van der Waals surface area (Å²) in [6.45, 7) is 4.17. The number of urea groups is 1. The van der Waals surface area contributed by atoms with Gasteiger partial charge in [-0.05, 0) is 44.2 Å². The maximum Gasteiger partial charge on any atom is 0.429 e. The molecular formula is C29H30N5O3+. The summed E-state index contributed by atoms with van der Waals surface area (Å²) in [7, 11) is 0. The van der Waals surface area contributed by atoms with E-state index in [1.54, 1.807) is 22.9 Å². The van der Waals surface area contributed by atoms with E-state index in [9.17, 15) is 14.4 Å². The van der Waals surface area contributed by atoms with Gasteiger partial charge in [0.15, 0.2) is 11.5 Å². The SMILES string of the molecule is Cc1cc(C(=O)[N+]2(C(=O)Nc3ccccc3-n3cccc3)CCC[C@H]2C)nn1CC(=O)c1ccccc1. The number of para-hydroxylation sites is 2. The molecule has 3 heterocycles. The molecule has 8 nitrogen and oxygen atoms in total. The van der Waals surface area contributed by atoms with Gasteiger partial charge in [0.2, 0.25) is 0 Å². The number of nitrogens with one attached hydrogen (secondary N) is 1. The number of quaternary nitrogens is 1. The quantitative estimate of drug-likeness (QED) is 0.292. The zero-order valence-corrected chi connectivity index (χ0v) is 21.0. The number of aromatic nitrogens is 3. The maximum absolute atomic E-state index is 14.0. The minimum atomic E-state index is -0.373. The second-order valence-corrected chi connectivity index (χ2v) is 9.54. The van der Waals surface area contributed by atoms with Gasteiger partial charge in [0.25, 0.3) is 0 Å². The monoisotopic (exact) mass is 496 g/mol. The lowest BCUT2D eigenvalue weighted by Gasteiger charge is -2.32. The number of likely N-dealkylation sites (tertiary alicyclic amines) is 1. The first-order valence-electron chi connectivity index (χ1n) is 12.5. The molecule has 0 aliphatic carbocycles. The molecule has 3 amide bonds. The highest BCUT2D eigenvalue weighted by Gasteiger charge is 2.54. The van der Waals surface area contributed by atoms with Crippen LogP contribution in [0.25, 0.3) is 5.69 Å². The first-order chi connectivity index (χ1) is 17.9. The number of Topliss-reactive ketones (excluding diaryl/α,β-unsaturated/α-hetero) is 1. The largest absolute Gasteiger partial charge is 0.429 e. The van der Waals surface area contributed by atoms with E-state index in [-0.39, 0.29) is 40.5 Å². The van der Waals surface area contributed by atoms with E-state index in [4.69, 9.17) is 0 Å². The lowest BCUT2D eigenvalue weighted by atomic mass is 10.1. The number of anilines is 1. The van der Waals surface area contributed by atoms with Crippen molar-refractivity contribution < 1.29 is 18.9 Å². The van der Waals surface area contributed by atoms with Crippen LogP contribution in [0.5, 0.6) is 0 Å². The van der Waals surface area contributed by atoms with E-state index in [2.05, 4.69) is 10.4 Å². The number of ketones is 1. The molecule has 4 aromatic rings. The zero-order chi connectivity index (χ0) is 26.0. The molecule has 188 valence electrons. The van der Waals surface area contributed by atoms with Crippen LogP contribution in [0.15, 0.2) is 85.2 Å². The molecule has 0 spiro atoms. The highest BCUT2D eigenvalue weighted by molar-refractivity contribution is 6.00. The van der Waals surface area contributed by atoms with E-state index >= 15 is 0 Å². The number of imide groups is 1. The summed E-state index contributed by atoms with van der Waals surface area (Å²) in [6, 6.07) is 21.5. The van der Waals surface area contributed by atoms with Gasteiger partial charge in [-0.25, -0.2) is 9.59 Å². The number of carbonyl (C=O) groups excluding carboxylic acids is 3. The molecule has 1 aliphatic rings. The molecule has 0 saturated carbocycles. The summed E-state index contributed by atoms with van der Waals surface area (Å²) in [5.74, 6) is -0.446. The molecule has 2 atom stereocenters. The molecule has 5 rings (SSSR count). The van der Waals surface area contributed by atoms with Crippen molar-refractivity contribution in [1.29, 1.82) is 0 Å². The molecule has 0 radical (unpaired) electrons. The van der Waals surface area contributed by atoms with Crippen LogP contribution in [0, 0.1) is 6.92 Å². The molecular weight excluding hydrogens is 466 g/mol. The van der Waals surface area contributed by atoms with Crippen molar-refractivity contribution in [2.45, 2.75) is 39.3 Å². The van der Waals surface area contributed by atoms with Gasteiger partial charge in [-0.1, -0.05) is 42.5 Å². The summed E-state index contributed by atoms with van der Waals surface area (Å²) < 4.78 is 3.10. The average molecular weight is 497 g/mol. The Morgan fingerprint density at radius 1 is 1.00 bits per heavy atom. The van der Waals surface area contributed by atoms with Crippen molar-refractivity contribution >= 4 is 23.4 Å². The first-order valence-corrected chi connectivity index (χ1v) is 12.5. The van der Waals surface area contributed by atoms with Gasteiger partial charge >= 0.3 is 11.9 Å². The van der Waals surface area contributed by atoms with Gasteiger partial charge in [0.05, 0.1) is 17.9 Å². The van der Waals surface area contributed by atoms with Crippen molar-refractivity contribution in [1.82, 2.24) is 14.3 Å². The number of hydrogen-bond acceptors (Lipinski definition) is 4. The zero-order valence-electron chi connectivity index (χ0n) is 21.0. The smallest absolute Gasteiger partial charge is 0.322 e. The molecule has 1 N–H and O–H groups in total. The third kappa shape index (κ3) is 4.51. The van der Waals surface area contributed by atoms with Crippen LogP contribution in [0.1, 0.15) is 46.3 Å². The summed E-state index contributed by atoms with van der Waals surface area (Å²) in [4.78, 5) is 40.6. The molecule has 0 bridgehead atoms. The Morgan fingerprint density at radius 3 is 2.41 bits per heavy atom. The Morgan fingerprint density at radius 2 is 1.70 bits per heavy atom. The summed E-state index contributed by atoms with van der Waals surface area (Å²) in [5, 5.41) is 7.53. The molecule has 2 aromatic carbocycles. The fraction of sp³-hybridized carbons (Fsp3) is 0.241. The first kappa shape index (κ1) is 24.4. The highest BCUT2D eigenvalue weighted by Crippen LogP contribution is 2.32. The molecule has 1 saturated heterocycles. The van der Waals surface area contributed by atoms with E-state index in [0.717, 1.165) is 18.5 Å². The topological polar surface area (TPSA) is 86.0 Å². The highest BCUT2D eigenvalue weighted by atomic mass is 16.2. The summed E-state index contributed by atoms with van der Waals surface area (Å²) in [6.07, 6.45) is 5.33. The van der Waals surface area contributed by atoms with Gasteiger partial charge in [-0.2, -0.15) is 9.58 Å². The Kier molecular flexibility index (Phi) is 6.58. The average Bonchev–Trinajstić information content (AvgIpc) is 3.66. The Balaban J connectivity index is 1.43. The van der Waals surface area contributed by atoms with Crippen LogP contribution >= 0.6 is 0 Å². The number of nitrogens with zero attached hydrogens (tertiary/aromatic N) is 4. The van der Waals surface area contributed by atoms with Crippen molar-refractivity contribution in [2.24, 2.45) is 0 Å². The third-order valence-electron chi connectivity index (χ3n) is 7.23. The molecule has 8 heteroatoms. The molecule has 37 heavy (non-hydrogen) atoms. The van der Waals surface area contributed by atoms with Crippen molar-refractivity contribution in [3.63, 3.8) is 0 Å². The van der Waals surface area contributed by atoms with E-state index in [1.807, 2.05) is 85.4 Å². The number of amides is 3. The van der Waals surface area contributed by atoms with Gasteiger partial charge in [0, 0.05) is 36.5 Å². The molecule has 1 unspecified atom stereocenters. The lowest BCUT2D eigenvalue weighted by Crippen LogP contribution is -2.60. The van der Waals surface area contributed by atoms with Crippen LogP contribution in [0.4, 0.5) is 10.5 Å². The van der Waals surface area contributed by atoms with Crippen molar-refractivity contribution in [3.8, 4) is 5.69 Å². The van der Waals surface area contributed by atoms with Gasteiger partial charge in [-0.15, -0.1) is 0 Å². The van der Waals surface area contributed by atoms with E-state index in [1.165, 1.54) is 0 Å². The number of hydrogen-bond donors (Lipinski definition) is 1. The van der Waals surface area contributed by atoms with Crippen molar-refractivity contribution in [3.05, 3.63) is 102 Å².